The van der Waals surface area contributed by atoms with Crippen LogP contribution in [0.15, 0.2) is 24.3 Å². The van der Waals surface area contributed by atoms with E-state index in [1.807, 2.05) is 6.08 Å². The van der Waals surface area contributed by atoms with Crippen molar-refractivity contribution >= 4 is 18.6 Å². The fourth-order valence-corrected chi connectivity index (χ4v) is 5.37. The van der Waals surface area contributed by atoms with Gasteiger partial charge in [0.1, 0.15) is 0 Å². The Morgan fingerprint density at radius 2 is 2.07 bits per heavy atom. The summed E-state index contributed by atoms with van der Waals surface area (Å²) in [5, 5.41) is 21.5. The molecule has 2 rings (SSSR count). The molecule has 5 heteroatoms. The van der Waals surface area contributed by atoms with Crippen LogP contribution >= 0.6 is 12.6 Å². The first-order chi connectivity index (χ1) is 13.9. The average Bonchev–Trinajstić information content (AvgIpc) is 2.94. The van der Waals surface area contributed by atoms with Crippen LogP contribution in [0.5, 0.6) is 0 Å². The second-order valence-electron chi connectivity index (χ2n) is 8.94. The van der Waals surface area contributed by atoms with Gasteiger partial charge in [-0.15, -0.1) is 0 Å². The van der Waals surface area contributed by atoms with Crippen LogP contribution in [0.2, 0.25) is 0 Å². The van der Waals surface area contributed by atoms with E-state index in [-0.39, 0.29) is 28.5 Å². The van der Waals surface area contributed by atoms with E-state index in [0.29, 0.717) is 12.8 Å². The van der Waals surface area contributed by atoms with Crippen LogP contribution in [-0.4, -0.2) is 40.8 Å². The lowest BCUT2D eigenvalue weighted by molar-refractivity contribution is -0.140. The first-order valence-electron chi connectivity index (χ1n) is 11.4. The highest BCUT2D eigenvalue weighted by Crippen LogP contribution is 2.49. The summed E-state index contributed by atoms with van der Waals surface area (Å²) in [5.41, 5.74) is 0.0610. The minimum absolute atomic E-state index is 0.0372. The van der Waals surface area contributed by atoms with Crippen molar-refractivity contribution in [3.63, 3.8) is 0 Å². The zero-order valence-corrected chi connectivity index (χ0v) is 19.0. The van der Waals surface area contributed by atoms with Crippen molar-refractivity contribution in [2.45, 2.75) is 95.0 Å². The average molecular weight is 425 g/mol. The number of aliphatic hydroxyl groups is 2. The van der Waals surface area contributed by atoms with Crippen LogP contribution in [0.3, 0.4) is 0 Å². The number of hydrogen-bond acceptors (Lipinski definition) is 5. The highest BCUT2D eigenvalue weighted by molar-refractivity contribution is 7.81. The number of allylic oxidation sites excluding steroid dienone is 2. The van der Waals surface area contributed by atoms with E-state index in [2.05, 4.69) is 29.9 Å². The van der Waals surface area contributed by atoms with Crippen molar-refractivity contribution in [3.05, 3.63) is 24.3 Å². The molecule has 0 aromatic carbocycles. The Labute approximate surface area is 182 Å². The zero-order chi connectivity index (χ0) is 21.3. The fourth-order valence-electron chi connectivity index (χ4n) is 4.83. The summed E-state index contributed by atoms with van der Waals surface area (Å²) < 4.78 is 4.65. The number of rotatable bonds is 12. The Morgan fingerprint density at radius 3 is 2.69 bits per heavy atom. The van der Waals surface area contributed by atoms with E-state index >= 15 is 0 Å². The van der Waals surface area contributed by atoms with Crippen molar-refractivity contribution < 1.29 is 19.7 Å². The van der Waals surface area contributed by atoms with E-state index in [1.54, 1.807) is 0 Å². The predicted molar refractivity (Wildman–Crippen MR) is 121 cm³/mol. The highest BCUT2D eigenvalue weighted by Gasteiger charge is 2.43. The van der Waals surface area contributed by atoms with E-state index in [9.17, 15) is 15.0 Å². The number of aliphatic hydroxyl groups excluding tert-OH is 2. The Kier molecular flexibility index (Phi) is 10.3. The maximum Gasteiger partial charge on any atom is 0.305 e. The first-order valence-corrected chi connectivity index (χ1v) is 11.9. The molecule has 0 aliphatic heterocycles. The second kappa shape index (κ2) is 12.2. The van der Waals surface area contributed by atoms with Gasteiger partial charge in [0.05, 0.1) is 19.3 Å². The predicted octanol–water partition coefficient (Wildman–Crippen LogP) is 4.85. The summed E-state index contributed by atoms with van der Waals surface area (Å²) in [6, 6.07) is 0. The van der Waals surface area contributed by atoms with Gasteiger partial charge in [-0.05, 0) is 56.3 Å². The molecule has 29 heavy (non-hydrogen) atoms. The molecule has 0 spiro atoms. The van der Waals surface area contributed by atoms with Gasteiger partial charge in [-0.1, -0.05) is 50.5 Å². The third kappa shape index (κ3) is 6.86. The highest BCUT2D eigenvalue weighted by atomic mass is 32.1. The van der Waals surface area contributed by atoms with Crippen LogP contribution in [0.25, 0.3) is 0 Å². The quantitative estimate of drug-likeness (QED) is 0.181. The van der Waals surface area contributed by atoms with Gasteiger partial charge in [-0.25, -0.2) is 0 Å². The van der Waals surface area contributed by atoms with Crippen LogP contribution in [0.1, 0.15) is 77.6 Å². The molecule has 2 aliphatic rings. The standard InChI is InChI=1S/C24H40O4S/c1-3-4-14-24(15-9-16-24)22(26)13-12-18-19(21(29)17-20(18)25)10-7-5-6-8-11-23(27)28-2/h5,7,12-13,18-22,25-26,29H,3-4,6,8-11,14-17H2,1-2H3/t18-,19-,20-,21+,22-/m1/s1. The first kappa shape index (κ1) is 24.5. The smallest absolute Gasteiger partial charge is 0.305 e. The minimum atomic E-state index is -0.413. The van der Waals surface area contributed by atoms with Crippen LogP contribution in [0.4, 0.5) is 0 Å². The molecule has 0 amide bonds. The molecule has 0 radical (unpaired) electrons. The van der Waals surface area contributed by atoms with Gasteiger partial charge in [-0.2, -0.15) is 12.6 Å². The number of hydrogen-bond donors (Lipinski definition) is 3. The molecular weight excluding hydrogens is 384 g/mol. The Morgan fingerprint density at radius 1 is 1.31 bits per heavy atom. The number of carbonyl (C=O) groups excluding carboxylic acids is 1. The molecule has 2 aliphatic carbocycles. The molecular formula is C24H40O4S. The maximum absolute atomic E-state index is 11.1. The van der Waals surface area contributed by atoms with Crippen molar-refractivity contribution in [1.29, 1.82) is 0 Å². The molecule has 0 aromatic rings. The number of carbonyl (C=O) groups is 1. The molecule has 0 aromatic heterocycles. The van der Waals surface area contributed by atoms with E-state index < -0.39 is 12.2 Å². The molecule has 4 nitrogen and oxygen atoms in total. The SMILES string of the molecule is CCCCC1([C@H](O)C=C[C@@H]2[C@@H](CC=CCCCC(=O)OC)[C@@H](S)C[C@H]2O)CCC1. The number of methoxy groups -OCH3 is 1. The number of unbranched alkanes of at least 4 members (excludes halogenated alkanes) is 2. The lowest BCUT2D eigenvalue weighted by Crippen LogP contribution is -2.40. The van der Waals surface area contributed by atoms with Crippen molar-refractivity contribution in [3.8, 4) is 0 Å². The number of ether oxygens (including phenoxy) is 1. The summed E-state index contributed by atoms with van der Waals surface area (Å²) in [6.45, 7) is 2.20. The molecule has 0 heterocycles. The van der Waals surface area contributed by atoms with E-state index in [4.69, 9.17) is 12.6 Å². The molecule has 166 valence electrons. The van der Waals surface area contributed by atoms with Gasteiger partial charge in [0.2, 0.25) is 0 Å². The normalized spacial score (nSPS) is 30.0. The largest absolute Gasteiger partial charge is 0.469 e. The number of esters is 1. The molecule has 0 unspecified atom stereocenters. The van der Waals surface area contributed by atoms with Crippen LogP contribution in [0, 0.1) is 17.3 Å². The van der Waals surface area contributed by atoms with E-state index in [1.165, 1.54) is 20.0 Å². The maximum atomic E-state index is 11.1. The van der Waals surface area contributed by atoms with E-state index in [0.717, 1.165) is 44.9 Å². The minimum Gasteiger partial charge on any atom is -0.469 e. The lowest BCUT2D eigenvalue weighted by Gasteiger charge is -2.45. The molecule has 2 fully saturated rings. The molecule has 2 saturated carbocycles. The molecule has 0 saturated heterocycles. The Hall–Kier alpha value is -0.780. The number of thiol groups is 1. The summed E-state index contributed by atoms with van der Waals surface area (Å²) in [6.07, 6.45) is 17.9. The Balaban J connectivity index is 1.88. The monoisotopic (exact) mass is 424 g/mol. The van der Waals surface area contributed by atoms with Gasteiger partial charge >= 0.3 is 5.97 Å². The van der Waals surface area contributed by atoms with Gasteiger partial charge in [0.25, 0.3) is 0 Å². The summed E-state index contributed by atoms with van der Waals surface area (Å²) in [4.78, 5) is 11.1. The molecule has 5 atom stereocenters. The van der Waals surface area contributed by atoms with Crippen molar-refractivity contribution in [2.75, 3.05) is 7.11 Å². The van der Waals surface area contributed by atoms with Gasteiger partial charge in [0.15, 0.2) is 0 Å². The van der Waals surface area contributed by atoms with Crippen LogP contribution in [-0.2, 0) is 9.53 Å². The molecule has 2 N–H and O–H groups in total. The van der Waals surface area contributed by atoms with Crippen LogP contribution < -0.4 is 0 Å². The third-order valence-electron chi connectivity index (χ3n) is 6.99. The lowest BCUT2D eigenvalue weighted by atomic mass is 9.62. The van der Waals surface area contributed by atoms with Crippen molar-refractivity contribution in [1.82, 2.24) is 0 Å². The van der Waals surface area contributed by atoms with Gasteiger partial charge in [0, 0.05) is 17.6 Å². The summed E-state index contributed by atoms with van der Waals surface area (Å²) >= 11 is 4.71. The molecule has 0 bridgehead atoms. The second-order valence-corrected chi connectivity index (χ2v) is 9.60. The summed E-state index contributed by atoms with van der Waals surface area (Å²) in [7, 11) is 1.41. The topological polar surface area (TPSA) is 66.8 Å². The van der Waals surface area contributed by atoms with Gasteiger partial charge < -0.3 is 14.9 Å². The zero-order valence-electron chi connectivity index (χ0n) is 18.1. The Bertz CT molecular complexity index is 555. The summed E-state index contributed by atoms with van der Waals surface area (Å²) in [5.74, 6) is 0.136. The van der Waals surface area contributed by atoms with Crippen molar-refractivity contribution in [2.24, 2.45) is 17.3 Å². The fraction of sp³-hybridized carbons (Fsp3) is 0.792. The third-order valence-corrected chi connectivity index (χ3v) is 7.58. The van der Waals surface area contributed by atoms with Gasteiger partial charge in [-0.3, -0.25) is 4.79 Å².